The molecule has 0 radical (unpaired) electrons. The van der Waals surface area contributed by atoms with Crippen LogP contribution in [-0.4, -0.2) is 19.9 Å². The molecule has 21 heavy (non-hydrogen) atoms. The number of aromatic amines is 1. The number of nitrogens with zero attached hydrogens (tertiary/aromatic N) is 1. The molecule has 0 bridgehead atoms. The average Bonchev–Trinajstić information content (AvgIpc) is 2.78. The second-order valence-corrected chi connectivity index (χ2v) is 8.23. The van der Waals surface area contributed by atoms with E-state index < -0.39 is 10.0 Å². The standard InChI is InChI=1S/C14H16N2O3S2/c1-9-5-3-6-11-7-4-8-16(12(9)11)21(18,19)13-10(2)15-14(17)20-13/h3,5-6H,4,7-8H2,1-2H3,(H,15,17). The minimum Gasteiger partial charge on any atom is -0.315 e. The number of aromatic nitrogens is 1. The summed E-state index contributed by atoms with van der Waals surface area (Å²) in [5.74, 6) is 0. The van der Waals surface area contributed by atoms with Crippen LogP contribution in [0.3, 0.4) is 0 Å². The highest BCUT2D eigenvalue weighted by Crippen LogP contribution is 2.35. The van der Waals surface area contributed by atoms with Gasteiger partial charge in [0.2, 0.25) is 0 Å². The summed E-state index contributed by atoms with van der Waals surface area (Å²) in [7, 11) is -3.69. The smallest absolute Gasteiger partial charge is 0.306 e. The van der Waals surface area contributed by atoms with Gasteiger partial charge in [0.1, 0.15) is 0 Å². The van der Waals surface area contributed by atoms with Crippen LogP contribution in [0.15, 0.2) is 27.2 Å². The normalized spacial score (nSPS) is 15.0. The number of rotatable bonds is 2. The molecule has 7 heteroatoms. The molecule has 5 nitrogen and oxygen atoms in total. The lowest BCUT2D eigenvalue weighted by atomic mass is 10.0. The average molecular weight is 324 g/mol. The number of fused-ring (bicyclic) bond motifs is 1. The van der Waals surface area contributed by atoms with Crippen LogP contribution < -0.4 is 9.18 Å². The van der Waals surface area contributed by atoms with Crippen molar-refractivity contribution in [2.24, 2.45) is 0 Å². The molecule has 1 aliphatic heterocycles. The van der Waals surface area contributed by atoms with Crippen molar-refractivity contribution in [2.45, 2.75) is 30.9 Å². The van der Waals surface area contributed by atoms with E-state index in [0.29, 0.717) is 12.2 Å². The largest absolute Gasteiger partial charge is 0.315 e. The Morgan fingerprint density at radius 2 is 2.05 bits per heavy atom. The molecule has 2 aromatic rings. The molecule has 1 aromatic heterocycles. The minimum atomic E-state index is -3.69. The van der Waals surface area contributed by atoms with Crippen LogP contribution in [0.5, 0.6) is 0 Å². The highest BCUT2D eigenvalue weighted by Gasteiger charge is 2.32. The summed E-state index contributed by atoms with van der Waals surface area (Å²) in [6.45, 7) is 3.98. The van der Waals surface area contributed by atoms with E-state index in [0.717, 1.165) is 41.0 Å². The van der Waals surface area contributed by atoms with Gasteiger partial charge in [0, 0.05) is 12.2 Å². The molecule has 0 unspecified atom stereocenters. The Balaban J connectivity index is 2.19. The first-order valence-electron chi connectivity index (χ1n) is 6.72. The molecule has 0 amide bonds. The monoisotopic (exact) mass is 324 g/mol. The molecule has 0 fully saturated rings. The molecule has 112 valence electrons. The zero-order chi connectivity index (χ0) is 15.2. The summed E-state index contributed by atoms with van der Waals surface area (Å²) in [5.41, 5.74) is 3.16. The van der Waals surface area contributed by atoms with Gasteiger partial charge >= 0.3 is 4.87 Å². The summed E-state index contributed by atoms with van der Waals surface area (Å²) in [5, 5.41) is 0. The lowest BCUT2D eigenvalue weighted by Crippen LogP contribution is -2.36. The molecule has 0 atom stereocenters. The number of H-pyrrole nitrogens is 1. The molecular formula is C14H16N2O3S2. The third kappa shape index (κ3) is 2.30. The Hall–Kier alpha value is -1.60. The van der Waals surface area contributed by atoms with E-state index in [9.17, 15) is 13.2 Å². The van der Waals surface area contributed by atoms with Crippen LogP contribution in [0.2, 0.25) is 0 Å². The van der Waals surface area contributed by atoms with Gasteiger partial charge in [0.15, 0.2) is 4.21 Å². The third-order valence-electron chi connectivity index (χ3n) is 3.68. The molecule has 0 saturated heterocycles. The van der Waals surface area contributed by atoms with E-state index in [4.69, 9.17) is 0 Å². The second-order valence-electron chi connectivity index (χ2n) is 5.19. The molecule has 1 N–H and O–H groups in total. The van der Waals surface area contributed by atoms with Crippen molar-refractivity contribution in [2.75, 3.05) is 10.8 Å². The molecule has 2 heterocycles. The predicted molar refractivity (Wildman–Crippen MR) is 83.7 cm³/mol. The Kier molecular flexibility index (Phi) is 3.41. The summed E-state index contributed by atoms with van der Waals surface area (Å²) < 4.78 is 27.4. The van der Waals surface area contributed by atoms with Crippen LogP contribution in [0.25, 0.3) is 0 Å². The maximum absolute atomic E-state index is 12.9. The van der Waals surface area contributed by atoms with Gasteiger partial charge in [0.05, 0.1) is 5.69 Å². The predicted octanol–water partition coefficient (Wildman–Crippen LogP) is 2.19. The number of nitrogens with one attached hydrogen (secondary N) is 1. The number of para-hydroxylation sites is 1. The van der Waals surface area contributed by atoms with Gasteiger partial charge in [-0.05, 0) is 37.8 Å². The lowest BCUT2D eigenvalue weighted by Gasteiger charge is -2.31. The summed E-state index contributed by atoms with van der Waals surface area (Å²) in [4.78, 5) is 13.6. The topological polar surface area (TPSA) is 70.2 Å². The van der Waals surface area contributed by atoms with Gasteiger partial charge in [-0.1, -0.05) is 29.5 Å². The summed E-state index contributed by atoms with van der Waals surface area (Å²) in [6.07, 6.45) is 1.67. The van der Waals surface area contributed by atoms with Crippen LogP contribution >= 0.6 is 11.3 Å². The van der Waals surface area contributed by atoms with Crippen molar-refractivity contribution >= 4 is 27.0 Å². The molecule has 0 saturated carbocycles. The van der Waals surface area contributed by atoms with E-state index in [2.05, 4.69) is 4.98 Å². The summed E-state index contributed by atoms with van der Waals surface area (Å²) in [6, 6.07) is 5.83. The molecule has 1 aliphatic rings. The highest BCUT2D eigenvalue weighted by atomic mass is 32.2. The van der Waals surface area contributed by atoms with Crippen molar-refractivity contribution in [3.63, 3.8) is 0 Å². The maximum atomic E-state index is 12.9. The Labute approximate surface area is 127 Å². The second kappa shape index (κ2) is 4.99. The van der Waals surface area contributed by atoms with Gasteiger partial charge < -0.3 is 4.98 Å². The van der Waals surface area contributed by atoms with Crippen molar-refractivity contribution < 1.29 is 8.42 Å². The molecule has 0 aliphatic carbocycles. The van der Waals surface area contributed by atoms with E-state index in [1.54, 1.807) is 6.92 Å². The molecule has 1 aromatic carbocycles. The zero-order valence-corrected chi connectivity index (χ0v) is 13.5. The van der Waals surface area contributed by atoms with Crippen LogP contribution in [0, 0.1) is 13.8 Å². The van der Waals surface area contributed by atoms with Crippen molar-refractivity contribution in [1.82, 2.24) is 4.98 Å². The number of aryl methyl sites for hydroxylation is 3. The maximum Gasteiger partial charge on any atom is 0.306 e. The Bertz CT molecular complexity index is 849. The van der Waals surface area contributed by atoms with Crippen LogP contribution in [0.1, 0.15) is 23.2 Å². The van der Waals surface area contributed by atoms with Crippen LogP contribution in [0.4, 0.5) is 5.69 Å². The first-order chi connectivity index (χ1) is 9.91. The summed E-state index contributed by atoms with van der Waals surface area (Å²) >= 11 is 0.755. The number of anilines is 1. The van der Waals surface area contributed by atoms with E-state index in [1.807, 2.05) is 25.1 Å². The van der Waals surface area contributed by atoms with Gasteiger partial charge in [0.25, 0.3) is 10.0 Å². The van der Waals surface area contributed by atoms with Crippen LogP contribution in [-0.2, 0) is 16.4 Å². The van der Waals surface area contributed by atoms with Gasteiger partial charge in [-0.25, -0.2) is 8.42 Å². The third-order valence-corrected chi connectivity index (χ3v) is 7.06. The minimum absolute atomic E-state index is 0.114. The lowest BCUT2D eigenvalue weighted by molar-refractivity contribution is 0.587. The number of benzene rings is 1. The van der Waals surface area contributed by atoms with Gasteiger partial charge in [-0.15, -0.1) is 0 Å². The fourth-order valence-electron chi connectivity index (χ4n) is 2.78. The van der Waals surface area contributed by atoms with Crippen molar-refractivity contribution in [1.29, 1.82) is 0 Å². The Morgan fingerprint density at radius 1 is 1.29 bits per heavy atom. The first kappa shape index (κ1) is 14.3. The fourth-order valence-corrected chi connectivity index (χ4v) is 5.78. The molecular weight excluding hydrogens is 308 g/mol. The Morgan fingerprint density at radius 3 is 2.71 bits per heavy atom. The number of thiazole rings is 1. The van der Waals surface area contributed by atoms with E-state index >= 15 is 0 Å². The first-order valence-corrected chi connectivity index (χ1v) is 8.98. The van der Waals surface area contributed by atoms with Gasteiger partial charge in [-0.3, -0.25) is 9.10 Å². The van der Waals surface area contributed by atoms with Crippen molar-refractivity contribution in [3.8, 4) is 0 Å². The van der Waals surface area contributed by atoms with E-state index in [-0.39, 0.29) is 9.08 Å². The number of sulfonamides is 1. The fraction of sp³-hybridized carbons (Fsp3) is 0.357. The van der Waals surface area contributed by atoms with Crippen molar-refractivity contribution in [3.05, 3.63) is 44.7 Å². The molecule has 0 spiro atoms. The van der Waals surface area contributed by atoms with Gasteiger partial charge in [-0.2, -0.15) is 0 Å². The molecule has 3 rings (SSSR count). The quantitative estimate of drug-likeness (QED) is 0.920. The number of hydrogen-bond acceptors (Lipinski definition) is 4. The SMILES string of the molecule is Cc1cccc2c1N(S(=O)(=O)c1sc(=O)[nH]c1C)CCC2. The zero-order valence-electron chi connectivity index (χ0n) is 11.8. The highest BCUT2D eigenvalue weighted by molar-refractivity contribution is 7.94. The number of hydrogen-bond donors (Lipinski definition) is 1. The van der Waals surface area contributed by atoms with E-state index in [1.165, 1.54) is 4.31 Å².